The molecule has 23 heavy (non-hydrogen) atoms. The van der Waals surface area contributed by atoms with E-state index in [-0.39, 0.29) is 0 Å². The fraction of sp³-hybridized carbons (Fsp3) is 0.125. The maximum Gasteiger partial charge on any atom is 0.329 e. The first-order valence-corrected chi connectivity index (χ1v) is 6.79. The Bertz CT molecular complexity index is 729. The molecule has 1 aromatic carbocycles. The fourth-order valence-corrected chi connectivity index (χ4v) is 1.77. The van der Waals surface area contributed by atoms with E-state index in [9.17, 15) is 9.59 Å². The first-order chi connectivity index (χ1) is 11.1. The van der Waals surface area contributed by atoms with Crippen molar-refractivity contribution >= 4 is 23.7 Å². The number of benzene rings is 1. The predicted octanol–water partition coefficient (Wildman–Crippen LogP) is 1.49. The maximum absolute atomic E-state index is 11.9. The molecule has 2 aromatic rings. The second kappa shape index (κ2) is 7.69. The lowest BCUT2D eigenvalue weighted by Gasteiger charge is -2.10. The zero-order chi connectivity index (χ0) is 16.7. The topological polar surface area (TPSA) is 92.7 Å². The van der Waals surface area contributed by atoms with Crippen molar-refractivity contribution in [2.24, 2.45) is 5.10 Å². The largest absolute Gasteiger partial charge is 0.495 e. The van der Waals surface area contributed by atoms with Gasteiger partial charge in [0.1, 0.15) is 5.75 Å². The molecule has 0 saturated heterocycles. The van der Waals surface area contributed by atoms with Gasteiger partial charge in [0.15, 0.2) is 0 Å². The number of nitrogens with one attached hydrogen (secondary N) is 2. The van der Waals surface area contributed by atoms with E-state index < -0.39 is 11.8 Å². The maximum atomic E-state index is 11.9. The highest BCUT2D eigenvalue weighted by atomic mass is 16.5. The smallest absolute Gasteiger partial charge is 0.329 e. The SMILES string of the molecule is COc1ccc(C)cc1NC(=O)C(=O)N/N=C\c1cccnc1. The van der Waals surface area contributed by atoms with E-state index in [1.165, 1.54) is 13.3 Å². The number of ether oxygens (including phenoxy) is 1. The molecule has 0 radical (unpaired) electrons. The lowest BCUT2D eigenvalue weighted by molar-refractivity contribution is -0.136. The number of pyridine rings is 1. The lowest BCUT2D eigenvalue weighted by atomic mass is 10.2. The summed E-state index contributed by atoms with van der Waals surface area (Å²) in [4.78, 5) is 27.5. The normalized spacial score (nSPS) is 10.3. The van der Waals surface area contributed by atoms with Gasteiger partial charge in [-0.15, -0.1) is 0 Å². The minimum absolute atomic E-state index is 0.420. The zero-order valence-corrected chi connectivity index (χ0v) is 12.7. The van der Waals surface area contributed by atoms with Gasteiger partial charge in [0.2, 0.25) is 0 Å². The van der Waals surface area contributed by atoms with Crippen LogP contribution in [0.3, 0.4) is 0 Å². The summed E-state index contributed by atoms with van der Waals surface area (Å²) in [6.45, 7) is 1.87. The van der Waals surface area contributed by atoms with Crippen LogP contribution >= 0.6 is 0 Å². The second-order valence-electron chi connectivity index (χ2n) is 4.64. The van der Waals surface area contributed by atoms with Crippen molar-refractivity contribution in [3.05, 3.63) is 53.9 Å². The average molecular weight is 312 g/mol. The third kappa shape index (κ3) is 4.63. The molecule has 2 amide bonds. The molecule has 0 bridgehead atoms. The van der Waals surface area contributed by atoms with Gasteiger partial charge in [0.05, 0.1) is 19.0 Å². The Morgan fingerprint density at radius 3 is 2.78 bits per heavy atom. The quantitative estimate of drug-likeness (QED) is 0.508. The van der Waals surface area contributed by atoms with Crippen molar-refractivity contribution in [3.63, 3.8) is 0 Å². The molecule has 0 atom stereocenters. The Kier molecular flexibility index (Phi) is 5.40. The summed E-state index contributed by atoms with van der Waals surface area (Å²) < 4.78 is 5.14. The van der Waals surface area contributed by atoms with Crippen LogP contribution in [0.25, 0.3) is 0 Å². The standard InChI is InChI=1S/C16H16N4O3/c1-11-5-6-14(23-2)13(8-11)19-15(21)16(22)20-18-10-12-4-3-7-17-9-12/h3-10H,1-2H3,(H,19,21)(H,20,22)/b18-10-. The van der Waals surface area contributed by atoms with Gasteiger partial charge in [-0.2, -0.15) is 5.10 Å². The number of rotatable bonds is 4. The predicted molar refractivity (Wildman–Crippen MR) is 86.3 cm³/mol. The molecule has 2 N–H and O–H groups in total. The number of hydrazone groups is 1. The molecule has 0 saturated carbocycles. The van der Waals surface area contributed by atoms with Crippen LogP contribution in [0.4, 0.5) is 5.69 Å². The second-order valence-corrected chi connectivity index (χ2v) is 4.64. The van der Waals surface area contributed by atoms with E-state index in [1.54, 1.807) is 36.7 Å². The number of hydrogen-bond donors (Lipinski definition) is 2. The Balaban J connectivity index is 1.97. The molecule has 7 nitrogen and oxygen atoms in total. The summed E-state index contributed by atoms with van der Waals surface area (Å²) in [5, 5.41) is 6.20. The third-order valence-corrected chi connectivity index (χ3v) is 2.87. The molecule has 0 aliphatic heterocycles. The van der Waals surface area contributed by atoms with Gasteiger partial charge in [-0.05, 0) is 30.7 Å². The molecule has 0 unspecified atom stereocenters. The monoisotopic (exact) mass is 312 g/mol. The first-order valence-electron chi connectivity index (χ1n) is 6.79. The van der Waals surface area contributed by atoms with Crippen molar-refractivity contribution in [2.75, 3.05) is 12.4 Å². The van der Waals surface area contributed by atoms with Gasteiger partial charge in [0.25, 0.3) is 0 Å². The molecule has 0 fully saturated rings. The Morgan fingerprint density at radius 2 is 2.09 bits per heavy atom. The highest BCUT2D eigenvalue weighted by molar-refractivity contribution is 6.39. The summed E-state index contributed by atoms with van der Waals surface area (Å²) in [6.07, 6.45) is 4.59. The fourth-order valence-electron chi connectivity index (χ4n) is 1.77. The van der Waals surface area contributed by atoms with E-state index >= 15 is 0 Å². The van der Waals surface area contributed by atoms with Gasteiger partial charge < -0.3 is 10.1 Å². The number of aryl methyl sites for hydroxylation is 1. The van der Waals surface area contributed by atoms with E-state index in [2.05, 4.69) is 20.8 Å². The Morgan fingerprint density at radius 1 is 1.26 bits per heavy atom. The van der Waals surface area contributed by atoms with Crippen LogP contribution in [0.2, 0.25) is 0 Å². The summed E-state index contributed by atoms with van der Waals surface area (Å²) in [7, 11) is 1.48. The minimum Gasteiger partial charge on any atom is -0.495 e. The van der Waals surface area contributed by atoms with Crippen LogP contribution < -0.4 is 15.5 Å². The van der Waals surface area contributed by atoms with Crippen LogP contribution in [0.15, 0.2) is 47.8 Å². The molecule has 118 valence electrons. The number of aromatic nitrogens is 1. The number of nitrogens with zero attached hydrogens (tertiary/aromatic N) is 2. The van der Waals surface area contributed by atoms with E-state index in [1.807, 2.05) is 13.0 Å². The lowest BCUT2D eigenvalue weighted by Crippen LogP contribution is -2.32. The summed E-state index contributed by atoms with van der Waals surface area (Å²) >= 11 is 0. The highest BCUT2D eigenvalue weighted by Crippen LogP contribution is 2.24. The van der Waals surface area contributed by atoms with Crippen LogP contribution in [0.5, 0.6) is 5.75 Å². The minimum atomic E-state index is -0.881. The molecule has 0 aliphatic carbocycles. The van der Waals surface area contributed by atoms with Gasteiger partial charge in [-0.3, -0.25) is 14.6 Å². The molecule has 1 heterocycles. The number of anilines is 1. The van der Waals surface area contributed by atoms with Gasteiger partial charge in [-0.1, -0.05) is 12.1 Å². The Hall–Kier alpha value is -3.22. The first kappa shape index (κ1) is 16.2. The number of carbonyl (C=O) groups excluding carboxylic acids is 2. The van der Waals surface area contributed by atoms with Gasteiger partial charge >= 0.3 is 11.8 Å². The molecule has 0 spiro atoms. The zero-order valence-electron chi connectivity index (χ0n) is 12.7. The molecule has 7 heteroatoms. The van der Waals surface area contributed by atoms with E-state index in [0.29, 0.717) is 17.0 Å². The van der Waals surface area contributed by atoms with Gasteiger partial charge in [-0.25, -0.2) is 5.43 Å². The van der Waals surface area contributed by atoms with E-state index in [4.69, 9.17) is 4.74 Å². The molecular weight excluding hydrogens is 296 g/mol. The molecule has 1 aromatic heterocycles. The van der Waals surface area contributed by atoms with Crippen molar-refractivity contribution in [3.8, 4) is 5.75 Å². The number of hydrogen-bond acceptors (Lipinski definition) is 5. The number of amides is 2. The van der Waals surface area contributed by atoms with Crippen LogP contribution in [-0.2, 0) is 9.59 Å². The summed E-state index contributed by atoms with van der Waals surface area (Å²) in [5.74, 6) is -1.25. The van der Waals surface area contributed by atoms with Crippen molar-refractivity contribution in [1.82, 2.24) is 10.4 Å². The third-order valence-electron chi connectivity index (χ3n) is 2.87. The molecule has 0 aliphatic rings. The van der Waals surface area contributed by atoms with Crippen LogP contribution in [0, 0.1) is 6.92 Å². The average Bonchev–Trinajstić information content (AvgIpc) is 2.56. The van der Waals surface area contributed by atoms with E-state index in [0.717, 1.165) is 5.56 Å². The van der Waals surface area contributed by atoms with Crippen molar-refractivity contribution in [2.45, 2.75) is 6.92 Å². The summed E-state index contributed by atoms with van der Waals surface area (Å²) in [5.41, 5.74) is 4.20. The van der Waals surface area contributed by atoms with Crippen molar-refractivity contribution in [1.29, 1.82) is 0 Å². The number of carbonyl (C=O) groups is 2. The van der Waals surface area contributed by atoms with Crippen molar-refractivity contribution < 1.29 is 14.3 Å². The number of methoxy groups -OCH3 is 1. The summed E-state index contributed by atoms with van der Waals surface area (Å²) in [6, 6.07) is 8.76. The highest BCUT2D eigenvalue weighted by Gasteiger charge is 2.15. The Labute approximate surface area is 133 Å². The van der Waals surface area contributed by atoms with Gasteiger partial charge in [0, 0.05) is 18.0 Å². The van der Waals surface area contributed by atoms with Crippen LogP contribution in [-0.4, -0.2) is 30.1 Å². The molecule has 2 rings (SSSR count). The van der Waals surface area contributed by atoms with Crippen LogP contribution in [0.1, 0.15) is 11.1 Å². The molecular formula is C16H16N4O3.